The van der Waals surface area contributed by atoms with Gasteiger partial charge in [-0.15, -0.1) is 0 Å². The summed E-state index contributed by atoms with van der Waals surface area (Å²) in [7, 11) is -4.52. The Morgan fingerprint density at radius 1 is 1.04 bits per heavy atom. The number of phosphoric acid groups is 1. The summed E-state index contributed by atoms with van der Waals surface area (Å²) in [5, 5.41) is 4.51. The molecule has 7 heteroatoms. The quantitative estimate of drug-likeness (QED) is 0.426. The molecular formula is C17H15Na2O4P. The van der Waals surface area contributed by atoms with Crippen LogP contribution in [0.4, 0.5) is 0 Å². The fourth-order valence-electron chi connectivity index (χ4n) is 3.08. The molecule has 0 aromatic heterocycles. The summed E-state index contributed by atoms with van der Waals surface area (Å²) < 4.78 is 15.6. The van der Waals surface area contributed by atoms with Crippen molar-refractivity contribution in [1.29, 1.82) is 0 Å². The Hall–Kier alpha value is -0.130. The van der Waals surface area contributed by atoms with Gasteiger partial charge < -0.3 is 7.38 Å². The zero-order chi connectivity index (χ0) is 15.3. The van der Waals surface area contributed by atoms with Crippen molar-refractivity contribution in [2.24, 2.45) is 0 Å². The van der Waals surface area contributed by atoms with Crippen molar-refractivity contribution in [2.75, 3.05) is 0 Å². The molecule has 2 aliphatic carbocycles. The van der Waals surface area contributed by atoms with Crippen LogP contribution in [0.15, 0.2) is 42.2 Å². The molecule has 4 nitrogen and oxygen atoms in total. The fourth-order valence-corrected chi connectivity index (χ4v) is 3.49. The second kappa shape index (κ2) is 7.63. The fraction of sp³-hybridized carbons (Fsp3) is 0.0588. The summed E-state index contributed by atoms with van der Waals surface area (Å²) in [4.78, 5) is 17.8. The molecule has 0 bridgehead atoms. The molecule has 0 heterocycles. The molecule has 2 aromatic carbocycles. The first-order valence-corrected chi connectivity index (χ1v) is 8.44. The van der Waals surface area contributed by atoms with Gasteiger partial charge in [-0.05, 0) is 50.9 Å². The van der Waals surface area contributed by atoms with Crippen molar-refractivity contribution in [3.8, 4) is 0 Å². The Kier molecular flexibility index (Phi) is 6.41. The maximum atomic E-state index is 11.0. The Bertz CT molecular complexity index is 1040. The smallest absolute Gasteiger partial charge is 1.00 e. The van der Waals surface area contributed by atoms with Gasteiger partial charge in [-0.3, -0.25) is 9.79 Å². The summed E-state index contributed by atoms with van der Waals surface area (Å²) >= 11 is 0. The van der Waals surface area contributed by atoms with Crippen LogP contribution in [0.1, 0.15) is 14.0 Å². The normalized spacial score (nSPS) is 14.3. The number of fused-ring (bicyclic) bond motifs is 5. The zero-order valence-corrected chi connectivity index (χ0v) is 18.5. The number of benzene rings is 2. The largest absolute Gasteiger partial charge is 1.00 e. The minimum atomic E-state index is -4.52. The molecule has 0 saturated heterocycles. The Labute approximate surface area is 186 Å². The van der Waals surface area contributed by atoms with Gasteiger partial charge in [0, 0.05) is 0 Å². The van der Waals surface area contributed by atoms with Gasteiger partial charge >= 0.3 is 66.9 Å². The molecular weight excluding hydrogens is 345 g/mol. The molecule has 114 valence electrons. The van der Waals surface area contributed by atoms with Gasteiger partial charge in [0.1, 0.15) is 5.76 Å². The van der Waals surface area contributed by atoms with E-state index in [0.717, 1.165) is 10.8 Å². The van der Waals surface area contributed by atoms with Crippen molar-refractivity contribution in [2.45, 2.75) is 6.42 Å². The predicted molar refractivity (Wildman–Crippen MR) is 88.3 cm³/mol. The van der Waals surface area contributed by atoms with E-state index in [4.69, 9.17) is 9.79 Å². The molecule has 0 spiro atoms. The number of hydrogen-bond donors (Lipinski definition) is 2. The van der Waals surface area contributed by atoms with E-state index in [-0.39, 0.29) is 67.7 Å². The molecule has 24 heavy (non-hydrogen) atoms. The number of phosphoric ester groups is 1. The van der Waals surface area contributed by atoms with Gasteiger partial charge in [-0.1, -0.05) is 42.5 Å². The molecule has 2 aromatic rings. The molecule has 0 unspecified atom stereocenters. The Balaban J connectivity index is 0.00000156. The molecule has 0 aliphatic heterocycles. The number of rotatable bonds is 2. The maximum absolute atomic E-state index is 11.0. The third kappa shape index (κ3) is 3.83. The summed E-state index contributed by atoms with van der Waals surface area (Å²) in [6.45, 7) is 0. The minimum absolute atomic E-state index is 0. The first-order valence-electron chi connectivity index (χ1n) is 6.91. The van der Waals surface area contributed by atoms with Crippen molar-refractivity contribution in [1.82, 2.24) is 0 Å². The molecule has 4 rings (SSSR count). The summed E-state index contributed by atoms with van der Waals surface area (Å²) in [6, 6.07) is 8.23. The van der Waals surface area contributed by atoms with Crippen LogP contribution in [-0.2, 0) is 15.5 Å². The SMILES string of the molecule is O=P(O)(O)OC1=CCc2c(ccc3c4c(ccc23)=CC=C4)=C1.[H-].[H-].[Na+].[Na+]. The average Bonchev–Trinajstić information content (AvgIpc) is 2.93. The van der Waals surface area contributed by atoms with Gasteiger partial charge in [0.15, 0.2) is 0 Å². The molecule has 0 atom stereocenters. The van der Waals surface area contributed by atoms with Crippen LogP contribution in [0, 0.1) is 0 Å². The summed E-state index contributed by atoms with van der Waals surface area (Å²) in [5.74, 6) is 0.217. The van der Waals surface area contributed by atoms with E-state index in [1.807, 2.05) is 18.2 Å². The van der Waals surface area contributed by atoms with E-state index in [1.165, 1.54) is 21.6 Å². The van der Waals surface area contributed by atoms with Crippen LogP contribution in [0.2, 0.25) is 0 Å². The third-order valence-electron chi connectivity index (χ3n) is 3.99. The molecule has 0 fully saturated rings. The van der Waals surface area contributed by atoms with Crippen molar-refractivity contribution in [3.05, 3.63) is 63.7 Å². The summed E-state index contributed by atoms with van der Waals surface area (Å²) in [6.07, 6.45) is 10.2. The van der Waals surface area contributed by atoms with Crippen LogP contribution in [0.5, 0.6) is 0 Å². The average molecular weight is 360 g/mol. The van der Waals surface area contributed by atoms with E-state index in [9.17, 15) is 4.57 Å². The van der Waals surface area contributed by atoms with E-state index >= 15 is 0 Å². The van der Waals surface area contributed by atoms with Crippen molar-refractivity contribution < 1.29 is 80.8 Å². The standard InChI is InChI=1S/C17H13O4P.2Na.2H/c18-22(19,20)21-13-6-9-15-12(10-13)5-8-16-14-3-1-2-11(14)4-7-17(15)16;;;;/h1-8,10H,9H2,(H2,18,19,20);;;;/q;2*+1;2*-1. The van der Waals surface area contributed by atoms with E-state index in [0.29, 0.717) is 6.42 Å². The molecule has 0 saturated carbocycles. The monoisotopic (exact) mass is 360 g/mol. The van der Waals surface area contributed by atoms with E-state index in [2.05, 4.69) is 28.8 Å². The first-order chi connectivity index (χ1) is 10.5. The van der Waals surface area contributed by atoms with Crippen LogP contribution < -0.4 is 69.6 Å². The Morgan fingerprint density at radius 3 is 2.50 bits per heavy atom. The van der Waals surface area contributed by atoms with Crippen LogP contribution in [0.3, 0.4) is 0 Å². The maximum Gasteiger partial charge on any atom is 1.00 e. The third-order valence-corrected chi connectivity index (χ3v) is 4.44. The second-order valence-corrected chi connectivity index (χ2v) is 6.52. The van der Waals surface area contributed by atoms with Crippen molar-refractivity contribution >= 4 is 36.8 Å². The van der Waals surface area contributed by atoms with Crippen molar-refractivity contribution in [3.63, 3.8) is 0 Å². The second-order valence-electron chi connectivity index (χ2n) is 5.36. The van der Waals surface area contributed by atoms with Gasteiger partial charge in [-0.25, -0.2) is 4.57 Å². The van der Waals surface area contributed by atoms with E-state index < -0.39 is 7.82 Å². The molecule has 0 amide bonds. The topological polar surface area (TPSA) is 66.8 Å². The predicted octanol–water partition coefficient (Wildman–Crippen LogP) is -3.79. The van der Waals surface area contributed by atoms with Crippen LogP contribution in [0.25, 0.3) is 29.0 Å². The molecule has 0 radical (unpaired) electrons. The summed E-state index contributed by atoms with van der Waals surface area (Å²) in [5.41, 5.74) is 2.38. The van der Waals surface area contributed by atoms with Crippen LogP contribution >= 0.6 is 7.82 Å². The van der Waals surface area contributed by atoms with Gasteiger partial charge in [0.2, 0.25) is 0 Å². The zero-order valence-electron chi connectivity index (χ0n) is 15.6. The van der Waals surface area contributed by atoms with E-state index in [1.54, 1.807) is 12.2 Å². The molecule has 2 aliphatic rings. The van der Waals surface area contributed by atoms with Crippen LogP contribution in [-0.4, -0.2) is 9.79 Å². The Morgan fingerprint density at radius 2 is 1.75 bits per heavy atom. The van der Waals surface area contributed by atoms with Gasteiger partial charge in [0.25, 0.3) is 0 Å². The number of hydrogen-bond acceptors (Lipinski definition) is 2. The first kappa shape index (κ1) is 20.2. The van der Waals surface area contributed by atoms with Gasteiger partial charge in [-0.2, -0.15) is 0 Å². The van der Waals surface area contributed by atoms with Gasteiger partial charge in [0.05, 0.1) is 0 Å². The molecule has 2 N–H and O–H groups in total. The minimum Gasteiger partial charge on any atom is -1.00 e. The number of allylic oxidation sites excluding steroid dienone is 3.